The minimum Gasteiger partial charge on any atom is -0.480 e. The van der Waals surface area contributed by atoms with Gasteiger partial charge in [-0.15, -0.1) is 0 Å². The van der Waals surface area contributed by atoms with E-state index in [1.54, 1.807) is 26.8 Å². The summed E-state index contributed by atoms with van der Waals surface area (Å²) < 4.78 is 45.8. The van der Waals surface area contributed by atoms with Gasteiger partial charge in [-0.2, -0.15) is 24.9 Å². The van der Waals surface area contributed by atoms with E-state index in [0.29, 0.717) is 24.5 Å². The number of thioether (sulfide) groups is 1. The van der Waals surface area contributed by atoms with Crippen LogP contribution < -0.4 is 10.2 Å². The normalized spacial score (nSPS) is 14.2. The topological polar surface area (TPSA) is 78.9 Å². The minimum atomic E-state index is -4.43. The van der Waals surface area contributed by atoms with Crippen LogP contribution in [0.4, 0.5) is 23.7 Å². The van der Waals surface area contributed by atoms with Crippen LogP contribution in [-0.4, -0.2) is 41.1 Å². The summed E-state index contributed by atoms with van der Waals surface area (Å²) in [5, 5.41) is 12.1. The Kier molecular flexibility index (Phi) is 9.76. The molecule has 0 bridgehead atoms. The van der Waals surface area contributed by atoms with Crippen LogP contribution in [-0.2, 0) is 34.4 Å². The number of alkyl carbamates (subject to hydrolysis) is 1. The number of amides is 1. The molecular weight excluding hydrogens is 565 g/mol. The SMILES string of the molecule is CC(C)(C)OC(=O)NC(CSCc1ccc(-c2ccccc2)cc1CN1CCCc2ccc(C(F)(F)F)cc21)C(=O)O. The second-order valence-corrected chi connectivity index (χ2v) is 12.3. The van der Waals surface area contributed by atoms with Gasteiger partial charge in [-0.3, -0.25) is 0 Å². The summed E-state index contributed by atoms with van der Waals surface area (Å²) in [6.45, 7) is 6.12. The zero-order valence-corrected chi connectivity index (χ0v) is 24.6. The number of aryl methyl sites for hydroxylation is 1. The molecule has 1 atom stereocenters. The Bertz CT molecular complexity index is 1410. The van der Waals surface area contributed by atoms with Crippen LogP contribution in [0, 0.1) is 0 Å². The van der Waals surface area contributed by atoms with E-state index < -0.39 is 35.4 Å². The van der Waals surface area contributed by atoms with E-state index in [1.165, 1.54) is 17.8 Å². The van der Waals surface area contributed by atoms with Crippen LogP contribution >= 0.6 is 11.8 Å². The first-order chi connectivity index (χ1) is 19.8. The molecule has 6 nitrogen and oxygen atoms in total. The van der Waals surface area contributed by atoms with Crippen LogP contribution in [0.25, 0.3) is 11.1 Å². The van der Waals surface area contributed by atoms with Crippen molar-refractivity contribution in [3.8, 4) is 11.1 Å². The zero-order chi connectivity index (χ0) is 30.5. The first-order valence-corrected chi connectivity index (χ1v) is 14.9. The molecule has 0 aromatic heterocycles. The van der Waals surface area contributed by atoms with Crippen molar-refractivity contribution >= 4 is 29.5 Å². The van der Waals surface area contributed by atoms with Crippen LogP contribution in [0.5, 0.6) is 0 Å². The summed E-state index contributed by atoms with van der Waals surface area (Å²) in [6.07, 6.45) is -3.68. The number of hydrogen-bond donors (Lipinski definition) is 2. The average Bonchev–Trinajstić information content (AvgIpc) is 2.92. The van der Waals surface area contributed by atoms with Gasteiger partial charge in [-0.05, 0) is 79.6 Å². The van der Waals surface area contributed by atoms with Gasteiger partial charge in [-0.25, -0.2) is 9.59 Å². The van der Waals surface area contributed by atoms with Gasteiger partial charge in [0.25, 0.3) is 0 Å². The molecule has 10 heteroatoms. The summed E-state index contributed by atoms with van der Waals surface area (Å²) in [6, 6.07) is 18.7. The number of carbonyl (C=O) groups excluding carboxylic acids is 1. The Morgan fingerprint density at radius 3 is 2.40 bits per heavy atom. The van der Waals surface area contributed by atoms with Crippen molar-refractivity contribution in [2.45, 2.75) is 63.7 Å². The predicted octanol–water partition coefficient (Wildman–Crippen LogP) is 7.54. The summed E-state index contributed by atoms with van der Waals surface area (Å²) in [4.78, 5) is 26.0. The van der Waals surface area contributed by atoms with Crippen LogP contribution in [0.15, 0.2) is 66.7 Å². The Labute approximate surface area is 248 Å². The van der Waals surface area contributed by atoms with Crippen molar-refractivity contribution in [2.75, 3.05) is 17.2 Å². The average molecular weight is 601 g/mol. The predicted molar refractivity (Wildman–Crippen MR) is 160 cm³/mol. The number of carboxylic acids is 1. The number of nitrogens with zero attached hydrogens (tertiary/aromatic N) is 1. The van der Waals surface area contributed by atoms with Gasteiger partial charge in [0.15, 0.2) is 0 Å². The Morgan fingerprint density at radius 2 is 1.74 bits per heavy atom. The Hall–Kier alpha value is -3.66. The number of rotatable bonds is 9. The summed E-state index contributed by atoms with van der Waals surface area (Å²) in [5.74, 6) is -0.609. The molecule has 1 unspecified atom stereocenters. The Morgan fingerprint density at radius 1 is 1.00 bits per heavy atom. The fourth-order valence-corrected chi connectivity index (χ4v) is 5.91. The number of aliphatic carboxylic acids is 1. The van der Waals surface area contributed by atoms with E-state index >= 15 is 0 Å². The van der Waals surface area contributed by atoms with Crippen molar-refractivity contribution in [1.82, 2.24) is 5.32 Å². The van der Waals surface area contributed by atoms with Gasteiger partial charge < -0.3 is 20.1 Å². The minimum absolute atomic E-state index is 0.107. The highest BCUT2D eigenvalue weighted by Gasteiger charge is 2.32. The van der Waals surface area contributed by atoms with E-state index in [0.717, 1.165) is 46.7 Å². The van der Waals surface area contributed by atoms with Crippen molar-refractivity contribution in [3.05, 3.63) is 89.0 Å². The van der Waals surface area contributed by atoms with E-state index in [2.05, 4.69) is 11.4 Å². The molecule has 0 saturated carbocycles. The van der Waals surface area contributed by atoms with E-state index in [1.807, 2.05) is 47.4 Å². The third-order valence-electron chi connectivity index (χ3n) is 6.83. The van der Waals surface area contributed by atoms with Gasteiger partial charge >= 0.3 is 18.2 Å². The lowest BCUT2D eigenvalue weighted by atomic mass is 9.96. The molecule has 0 aliphatic carbocycles. The van der Waals surface area contributed by atoms with E-state index in [9.17, 15) is 27.9 Å². The van der Waals surface area contributed by atoms with E-state index in [-0.39, 0.29) is 5.75 Å². The molecule has 0 saturated heterocycles. The number of alkyl halides is 3. The van der Waals surface area contributed by atoms with Gasteiger partial charge in [0.1, 0.15) is 11.6 Å². The van der Waals surface area contributed by atoms with E-state index in [4.69, 9.17) is 4.74 Å². The van der Waals surface area contributed by atoms with Gasteiger partial charge in [0, 0.05) is 30.3 Å². The molecule has 2 N–H and O–H groups in total. The van der Waals surface area contributed by atoms with Crippen molar-refractivity contribution in [2.24, 2.45) is 0 Å². The van der Waals surface area contributed by atoms with Crippen LogP contribution in [0.1, 0.15) is 49.4 Å². The quantitative estimate of drug-likeness (QED) is 0.264. The fraction of sp³-hybridized carbons (Fsp3) is 0.375. The second-order valence-electron chi connectivity index (χ2n) is 11.3. The highest BCUT2D eigenvalue weighted by Crippen LogP contribution is 2.37. The number of carbonyl (C=O) groups is 2. The second kappa shape index (κ2) is 13.1. The number of nitrogens with one attached hydrogen (secondary N) is 1. The summed E-state index contributed by atoms with van der Waals surface area (Å²) >= 11 is 1.35. The van der Waals surface area contributed by atoms with Crippen molar-refractivity contribution < 1.29 is 32.6 Å². The molecule has 1 aliphatic heterocycles. The first kappa shape index (κ1) is 31.3. The maximum absolute atomic E-state index is 13.5. The lowest BCUT2D eigenvalue weighted by Gasteiger charge is -2.33. The molecule has 1 amide bonds. The number of ether oxygens (including phenoxy) is 1. The molecule has 42 heavy (non-hydrogen) atoms. The molecule has 1 heterocycles. The fourth-order valence-electron chi connectivity index (χ4n) is 4.83. The molecule has 0 spiro atoms. The highest BCUT2D eigenvalue weighted by atomic mass is 32.2. The number of halogens is 3. The number of fused-ring (bicyclic) bond motifs is 1. The van der Waals surface area contributed by atoms with Crippen LogP contribution in [0.2, 0.25) is 0 Å². The zero-order valence-electron chi connectivity index (χ0n) is 23.8. The lowest BCUT2D eigenvalue weighted by molar-refractivity contribution is -0.139. The Balaban J connectivity index is 1.57. The smallest absolute Gasteiger partial charge is 0.416 e. The maximum Gasteiger partial charge on any atom is 0.416 e. The summed E-state index contributed by atoms with van der Waals surface area (Å²) in [7, 11) is 0. The molecule has 4 rings (SSSR count). The third-order valence-corrected chi connectivity index (χ3v) is 7.92. The molecular formula is C32H35F3N2O4S. The van der Waals surface area contributed by atoms with Gasteiger partial charge in [0.2, 0.25) is 0 Å². The molecule has 1 aliphatic rings. The number of benzene rings is 3. The standard InChI is InChI=1S/C32H35F3N2O4S/c1-31(2,3)41-30(40)36-27(29(38)39)20-42-19-24-12-11-23(21-8-5-4-6-9-21)16-25(24)18-37-15-7-10-22-13-14-26(17-28(22)37)32(33,34)35/h4-6,8-9,11-14,16-17,27H,7,10,15,18-20H2,1-3H3,(H,36,40)(H,38,39). The highest BCUT2D eigenvalue weighted by molar-refractivity contribution is 7.98. The third kappa shape index (κ3) is 8.44. The summed E-state index contributed by atoms with van der Waals surface area (Å²) in [5.41, 5.74) is 3.94. The maximum atomic E-state index is 13.5. The first-order valence-electron chi connectivity index (χ1n) is 13.7. The largest absolute Gasteiger partial charge is 0.480 e. The molecule has 0 fully saturated rings. The number of carboxylic acid groups (broad SMARTS) is 1. The van der Waals surface area contributed by atoms with Gasteiger partial charge in [-0.1, -0.05) is 48.5 Å². The number of hydrogen-bond acceptors (Lipinski definition) is 5. The molecule has 0 radical (unpaired) electrons. The molecule has 3 aromatic rings. The monoisotopic (exact) mass is 600 g/mol. The van der Waals surface area contributed by atoms with Gasteiger partial charge in [0.05, 0.1) is 5.56 Å². The lowest BCUT2D eigenvalue weighted by Crippen LogP contribution is -2.44. The molecule has 3 aromatic carbocycles. The van der Waals surface area contributed by atoms with Crippen molar-refractivity contribution in [3.63, 3.8) is 0 Å². The van der Waals surface area contributed by atoms with Crippen LogP contribution in [0.3, 0.4) is 0 Å². The van der Waals surface area contributed by atoms with Crippen molar-refractivity contribution in [1.29, 1.82) is 0 Å². The molecule has 224 valence electrons. The number of anilines is 1.